The van der Waals surface area contributed by atoms with Gasteiger partial charge in [-0.3, -0.25) is 9.80 Å². The van der Waals surface area contributed by atoms with E-state index in [1.807, 2.05) is 0 Å². The number of alkyl halides is 3. The highest BCUT2D eigenvalue weighted by Crippen LogP contribution is 2.24. The number of nitrogens with one attached hydrogen (secondary N) is 1. The zero-order chi connectivity index (χ0) is 15.6. The van der Waals surface area contributed by atoms with Crippen molar-refractivity contribution in [1.82, 2.24) is 5.01 Å². The smallest absolute Gasteiger partial charge is 0.406 e. The van der Waals surface area contributed by atoms with E-state index in [0.29, 0.717) is 5.69 Å². The summed E-state index contributed by atoms with van der Waals surface area (Å²) in [5.41, 5.74) is 6.10. The fourth-order valence-corrected chi connectivity index (χ4v) is 1.76. The summed E-state index contributed by atoms with van der Waals surface area (Å²) >= 11 is 0. The summed E-state index contributed by atoms with van der Waals surface area (Å²) in [6.07, 6.45) is -3.90. The van der Waals surface area contributed by atoms with Crippen LogP contribution in [0.15, 0.2) is 29.4 Å². The average Bonchev–Trinajstić information content (AvgIpc) is 2.71. The van der Waals surface area contributed by atoms with Crippen molar-refractivity contribution in [1.29, 1.82) is 0 Å². The third-order valence-corrected chi connectivity index (χ3v) is 2.87. The van der Waals surface area contributed by atoms with E-state index in [9.17, 15) is 18.0 Å². The van der Waals surface area contributed by atoms with Gasteiger partial charge in [0.15, 0.2) is 0 Å². The Morgan fingerprint density at radius 2 is 2.00 bits per heavy atom. The number of benzene rings is 1. The SMILES string of the molecule is CN1N=CC(C(=O)Nc2ccc(OC(F)(F)F)cc2)C1N. The largest absolute Gasteiger partial charge is 0.573 e. The molecule has 0 saturated heterocycles. The highest BCUT2D eigenvalue weighted by molar-refractivity contribution is 6.03. The molecule has 9 heteroatoms. The third kappa shape index (κ3) is 3.85. The number of hydrazone groups is 1. The Hall–Kier alpha value is -2.29. The van der Waals surface area contributed by atoms with E-state index in [1.165, 1.54) is 23.4 Å². The van der Waals surface area contributed by atoms with Gasteiger partial charge >= 0.3 is 6.36 Å². The van der Waals surface area contributed by atoms with Crippen LogP contribution in [0.2, 0.25) is 0 Å². The van der Waals surface area contributed by atoms with Gasteiger partial charge in [-0.25, -0.2) is 0 Å². The van der Waals surface area contributed by atoms with E-state index in [4.69, 9.17) is 5.73 Å². The average molecular weight is 302 g/mol. The van der Waals surface area contributed by atoms with Gasteiger partial charge in [-0.2, -0.15) is 5.10 Å². The van der Waals surface area contributed by atoms with Crippen molar-refractivity contribution in [3.63, 3.8) is 0 Å². The summed E-state index contributed by atoms with van der Waals surface area (Å²) in [5.74, 6) is -1.37. The molecule has 0 bridgehead atoms. The van der Waals surface area contributed by atoms with Crippen LogP contribution in [0.1, 0.15) is 0 Å². The maximum atomic E-state index is 12.0. The van der Waals surface area contributed by atoms with E-state index in [1.54, 1.807) is 7.05 Å². The van der Waals surface area contributed by atoms with Gasteiger partial charge in [-0.05, 0) is 24.3 Å². The van der Waals surface area contributed by atoms with Crippen LogP contribution in [0.4, 0.5) is 18.9 Å². The van der Waals surface area contributed by atoms with Crippen molar-refractivity contribution in [2.45, 2.75) is 12.5 Å². The molecule has 1 aromatic rings. The van der Waals surface area contributed by atoms with Crippen LogP contribution in [0.25, 0.3) is 0 Å². The van der Waals surface area contributed by atoms with Gasteiger partial charge in [0.1, 0.15) is 17.8 Å². The number of hydrogen-bond donors (Lipinski definition) is 2. The molecule has 1 aliphatic rings. The fraction of sp³-hybridized carbons (Fsp3) is 0.333. The molecule has 0 fully saturated rings. The molecule has 2 atom stereocenters. The number of rotatable bonds is 3. The van der Waals surface area contributed by atoms with Gasteiger partial charge < -0.3 is 15.8 Å². The molecule has 2 rings (SSSR count). The number of amides is 1. The highest BCUT2D eigenvalue weighted by Gasteiger charge is 2.32. The monoisotopic (exact) mass is 302 g/mol. The van der Waals surface area contributed by atoms with Crippen LogP contribution >= 0.6 is 0 Å². The van der Waals surface area contributed by atoms with Crippen LogP contribution < -0.4 is 15.8 Å². The number of nitrogens with zero attached hydrogens (tertiary/aromatic N) is 2. The molecule has 114 valence electrons. The number of anilines is 1. The molecule has 6 nitrogen and oxygen atoms in total. The van der Waals surface area contributed by atoms with Crippen LogP contribution in [0.5, 0.6) is 5.75 Å². The molecule has 0 aromatic heterocycles. The van der Waals surface area contributed by atoms with Crippen LogP contribution in [-0.2, 0) is 4.79 Å². The number of carbonyl (C=O) groups excluding carboxylic acids is 1. The highest BCUT2D eigenvalue weighted by atomic mass is 19.4. The maximum absolute atomic E-state index is 12.0. The van der Waals surface area contributed by atoms with Crippen molar-refractivity contribution in [2.75, 3.05) is 12.4 Å². The molecule has 3 N–H and O–H groups in total. The van der Waals surface area contributed by atoms with Crippen molar-refractivity contribution >= 4 is 17.8 Å². The van der Waals surface area contributed by atoms with E-state index >= 15 is 0 Å². The van der Waals surface area contributed by atoms with Gasteiger partial charge in [-0.1, -0.05) is 0 Å². The number of nitrogens with two attached hydrogens (primary N) is 1. The Morgan fingerprint density at radius 1 is 1.38 bits per heavy atom. The van der Waals surface area contributed by atoms with Crippen molar-refractivity contribution < 1.29 is 22.7 Å². The molecular weight excluding hydrogens is 289 g/mol. The zero-order valence-electron chi connectivity index (χ0n) is 11.0. The van der Waals surface area contributed by atoms with Crippen molar-refractivity contribution in [3.05, 3.63) is 24.3 Å². The molecule has 0 radical (unpaired) electrons. The first kappa shape index (κ1) is 15.1. The van der Waals surface area contributed by atoms with Crippen LogP contribution in [0, 0.1) is 5.92 Å². The minimum absolute atomic E-state index is 0.338. The molecule has 21 heavy (non-hydrogen) atoms. The number of ether oxygens (including phenoxy) is 1. The summed E-state index contributed by atoms with van der Waals surface area (Å²) in [4.78, 5) is 12.0. The molecule has 1 aliphatic heterocycles. The van der Waals surface area contributed by atoms with E-state index in [-0.39, 0.29) is 11.7 Å². The predicted molar refractivity (Wildman–Crippen MR) is 69.5 cm³/mol. The molecule has 0 aliphatic carbocycles. The Balaban J connectivity index is 1.97. The number of hydrogen-bond acceptors (Lipinski definition) is 5. The minimum atomic E-state index is -4.75. The molecule has 2 unspecified atom stereocenters. The molecule has 1 aromatic carbocycles. The molecule has 1 heterocycles. The summed E-state index contributed by atoms with van der Waals surface area (Å²) in [6, 6.07) is 4.83. The standard InChI is InChI=1S/C12H13F3N4O2/c1-19-10(16)9(6-17-19)11(20)18-7-2-4-8(5-3-7)21-12(13,14)15/h2-6,9-10H,16H2,1H3,(H,18,20). The normalized spacial score (nSPS) is 21.5. The summed E-state index contributed by atoms with van der Waals surface area (Å²) in [5, 5.41) is 7.89. The Labute approximate surface area is 118 Å². The lowest BCUT2D eigenvalue weighted by molar-refractivity contribution is -0.274. The molecule has 0 spiro atoms. The number of carbonyl (C=O) groups is 1. The Morgan fingerprint density at radius 3 is 2.48 bits per heavy atom. The lowest BCUT2D eigenvalue weighted by atomic mass is 10.1. The van der Waals surface area contributed by atoms with E-state index in [0.717, 1.165) is 12.1 Å². The lowest BCUT2D eigenvalue weighted by Gasteiger charge is -2.19. The van der Waals surface area contributed by atoms with Crippen molar-refractivity contribution in [3.8, 4) is 5.75 Å². The quantitative estimate of drug-likeness (QED) is 0.883. The van der Waals surface area contributed by atoms with Crippen LogP contribution in [-0.4, -0.2) is 36.7 Å². The Bertz CT molecular complexity index is 544. The Kier molecular flexibility index (Phi) is 4.03. The van der Waals surface area contributed by atoms with Crippen molar-refractivity contribution in [2.24, 2.45) is 16.8 Å². The molecule has 1 amide bonds. The second kappa shape index (κ2) is 5.60. The van der Waals surface area contributed by atoms with Gasteiger partial charge in [0.05, 0.1) is 0 Å². The topological polar surface area (TPSA) is 80.0 Å². The second-order valence-electron chi connectivity index (χ2n) is 4.42. The summed E-state index contributed by atoms with van der Waals surface area (Å²) in [7, 11) is 1.64. The van der Waals surface area contributed by atoms with E-state index < -0.39 is 18.4 Å². The summed E-state index contributed by atoms with van der Waals surface area (Å²) < 4.78 is 39.8. The first-order valence-electron chi connectivity index (χ1n) is 5.95. The first-order valence-corrected chi connectivity index (χ1v) is 5.95. The third-order valence-electron chi connectivity index (χ3n) is 2.87. The summed E-state index contributed by atoms with van der Waals surface area (Å²) in [6.45, 7) is 0. The molecular formula is C12H13F3N4O2. The molecule has 0 saturated carbocycles. The minimum Gasteiger partial charge on any atom is -0.406 e. The zero-order valence-corrected chi connectivity index (χ0v) is 11.0. The van der Waals surface area contributed by atoms with Gasteiger partial charge in [0, 0.05) is 18.9 Å². The lowest BCUT2D eigenvalue weighted by Crippen LogP contribution is -2.43. The number of halogens is 3. The van der Waals surface area contributed by atoms with Gasteiger partial charge in [0.25, 0.3) is 0 Å². The maximum Gasteiger partial charge on any atom is 0.573 e. The van der Waals surface area contributed by atoms with Gasteiger partial charge in [0.2, 0.25) is 5.91 Å². The first-order chi connectivity index (χ1) is 9.76. The van der Waals surface area contributed by atoms with Gasteiger partial charge in [-0.15, -0.1) is 13.2 Å². The second-order valence-corrected chi connectivity index (χ2v) is 4.42. The predicted octanol–water partition coefficient (Wildman–Crippen LogP) is 1.36. The van der Waals surface area contributed by atoms with Crippen LogP contribution in [0.3, 0.4) is 0 Å². The van der Waals surface area contributed by atoms with E-state index in [2.05, 4.69) is 15.2 Å². The fourth-order valence-electron chi connectivity index (χ4n) is 1.76.